The Morgan fingerprint density at radius 1 is 1.24 bits per heavy atom. The van der Waals surface area contributed by atoms with Crippen molar-refractivity contribution in [2.75, 3.05) is 37.6 Å². The number of rotatable bonds is 4. The van der Waals surface area contributed by atoms with E-state index in [1.807, 2.05) is 18.2 Å². The molecule has 0 spiro atoms. The van der Waals surface area contributed by atoms with Crippen LogP contribution in [0.2, 0.25) is 5.02 Å². The summed E-state index contributed by atoms with van der Waals surface area (Å²) in [6.45, 7) is 11.4. The first-order chi connectivity index (χ1) is 9.47. The maximum atomic E-state index is 11.4. The highest BCUT2D eigenvalue weighted by molar-refractivity contribution is 6.34. The van der Waals surface area contributed by atoms with Crippen LogP contribution >= 0.6 is 11.6 Å². The smallest absolute Gasteiger partial charge is 0.161 e. The summed E-state index contributed by atoms with van der Waals surface area (Å²) in [5.74, 6) is 0.731. The minimum atomic E-state index is 0. The van der Waals surface area contributed by atoms with Gasteiger partial charge in [0.1, 0.15) is 0 Å². The zero-order valence-electron chi connectivity index (χ0n) is 12.5. The average molecular weight is 311 g/mol. The fourth-order valence-corrected chi connectivity index (χ4v) is 3.00. The molecule has 3 nitrogen and oxygen atoms in total. The molecule has 1 saturated heterocycles. The van der Waals surface area contributed by atoms with Gasteiger partial charge in [-0.1, -0.05) is 32.9 Å². The summed E-state index contributed by atoms with van der Waals surface area (Å²) in [4.78, 5) is 16.2. The number of Topliss-reactive ketones (excluding diaryl/α,β-unsaturated/α-hetero) is 1. The molecule has 0 bridgehead atoms. The van der Waals surface area contributed by atoms with Crippen LogP contribution in [0.1, 0.15) is 38.6 Å². The van der Waals surface area contributed by atoms with Gasteiger partial charge in [0.2, 0.25) is 0 Å². The topological polar surface area (TPSA) is 23.6 Å². The first-order valence-corrected chi connectivity index (χ1v) is 7.63. The zero-order valence-corrected chi connectivity index (χ0v) is 13.3. The maximum absolute atomic E-state index is 11.4. The van der Waals surface area contributed by atoms with Crippen molar-refractivity contribution in [1.82, 2.24) is 4.90 Å². The van der Waals surface area contributed by atoms with Crippen molar-refractivity contribution >= 4 is 23.1 Å². The van der Waals surface area contributed by atoms with Crippen molar-refractivity contribution in [1.29, 1.82) is 0 Å². The van der Waals surface area contributed by atoms with Crippen molar-refractivity contribution in [3.05, 3.63) is 28.8 Å². The second-order valence-electron chi connectivity index (χ2n) is 5.90. The van der Waals surface area contributed by atoms with E-state index in [0.29, 0.717) is 16.5 Å². The Balaban J connectivity index is 0.00000220. The van der Waals surface area contributed by atoms with E-state index in [2.05, 4.69) is 23.6 Å². The van der Waals surface area contributed by atoms with Crippen LogP contribution in [0.15, 0.2) is 18.2 Å². The van der Waals surface area contributed by atoms with Gasteiger partial charge < -0.3 is 4.90 Å². The fourth-order valence-electron chi connectivity index (χ4n) is 2.69. The molecule has 0 radical (unpaired) electrons. The van der Waals surface area contributed by atoms with Crippen LogP contribution in [-0.2, 0) is 0 Å². The summed E-state index contributed by atoms with van der Waals surface area (Å²) in [5.41, 5.74) is 1.72. The number of benzene rings is 1. The molecule has 1 fully saturated rings. The Morgan fingerprint density at radius 2 is 1.86 bits per heavy atom. The standard InChI is InChI=1S/C16H23ClN2O.CH4/c1-12(2)11-18-6-8-19(9-7-18)14-4-5-15(13(3)20)16(17)10-14;/h4-5,10,12H,6-9,11H2,1-3H3;1H4. The molecule has 2 rings (SSSR count). The second-order valence-corrected chi connectivity index (χ2v) is 6.31. The number of carbonyl (C=O) groups is 1. The van der Waals surface area contributed by atoms with Crippen molar-refractivity contribution in [3.63, 3.8) is 0 Å². The lowest BCUT2D eigenvalue weighted by Gasteiger charge is -2.37. The summed E-state index contributed by atoms with van der Waals surface area (Å²) in [6, 6.07) is 5.75. The minimum Gasteiger partial charge on any atom is -0.369 e. The minimum absolute atomic E-state index is 0. The number of hydrogen-bond acceptors (Lipinski definition) is 3. The normalized spacial score (nSPS) is 16.0. The molecular weight excluding hydrogens is 284 g/mol. The van der Waals surface area contributed by atoms with Crippen LogP contribution in [0.3, 0.4) is 0 Å². The lowest BCUT2D eigenvalue weighted by atomic mass is 10.1. The van der Waals surface area contributed by atoms with Gasteiger partial charge in [0, 0.05) is 44.0 Å². The SMILES string of the molecule is C.CC(=O)c1ccc(N2CCN(CC(C)C)CC2)cc1Cl. The number of nitrogens with zero attached hydrogens (tertiary/aromatic N) is 2. The van der Waals surface area contributed by atoms with Gasteiger partial charge in [-0.3, -0.25) is 9.69 Å². The molecular formula is C17H27ClN2O. The van der Waals surface area contributed by atoms with Crippen LogP contribution in [0.25, 0.3) is 0 Å². The molecule has 0 saturated carbocycles. The Bertz CT molecular complexity index is 480. The van der Waals surface area contributed by atoms with E-state index in [4.69, 9.17) is 11.6 Å². The highest BCUT2D eigenvalue weighted by atomic mass is 35.5. The first kappa shape index (κ1) is 18.0. The van der Waals surface area contributed by atoms with Gasteiger partial charge in [0.25, 0.3) is 0 Å². The number of carbonyl (C=O) groups excluding carboxylic acids is 1. The van der Waals surface area contributed by atoms with E-state index in [1.165, 1.54) is 0 Å². The molecule has 4 heteroatoms. The largest absolute Gasteiger partial charge is 0.369 e. The zero-order chi connectivity index (χ0) is 14.7. The van der Waals surface area contributed by atoms with Gasteiger partial charge in [-0.2, -0.15) is 0 Å². The molecule has 1 heterocycles. The number of anilines is 1. The van der Waals surface area contributed by atoms with E-state index in [0.717, 1.165) is 38.4 Å². The van der Waals surface area contributed by atoms with E-state index >= 15 is 0 Å². The summed E-state index contributed by atoms with van der Waals surface area (Å²) in [7, 11) is 0. The molecule has 1 aromatic carbocycles. The third-order valence-electron chi connectivity index (χ3n) is 3.69. The summed E-state index contributed by atoms with van der Waals surface area (Å²) < 4.78 is 0. The summed E-state index contributed by atoms with van der Waals surface area (Å²) in [5, 5.41) is 0.555. The molecule has 0 atom stereocenters. The van der Waals surface area contributed by atoms with Gasteiger partial charge in [-0.15, -0.1) is 0 Å². The van der Waals surface area contributed by atoms with Gasteiger partial charge in [-0.05, 0) is 31.0 Å². The molecule has 118 valence electrons. The molecule has 1 aromatic rings. The van der Waals surface area contributed by atoms with Crippen molar-refractivity contribution in [2.24, 2.45) is 5.92 Å². The van der Waals surface area contributed by atoms with Gasteiger partial charge in [0.05, 0.1) is 5.02 Å². The first-order valence-electron chi connectivity index (χ1n) is 7.25. The van der Waals surface area contributed by atoms with Gasteiger partial charge in [-0.25, -0.2) is 0 Å². The van der Waals surface area contributed by atoms with Gasteiger partial charge in [0.15, 0.2) is 5.78 Å². The van der Waals surface area contributed by atoms with Crippen LogP contribution in [-0.4, -0.2) is 43.4 Å². The Morgan fingerprint density at radius 3 is 2.33 bits per heavy atom. The van der Waals surface area contributed by atoms with Crippen LogP contribution < -0.4 is 4.90 Å². The lowest BCUT2D eigenvalue weighted by molar-refractivity contribution is 0.101. The predicted molar refractivity (Wildman–Crippen MR) is 91.7 cm³/mol. The molecule has 1 aliphatic heterocycles. The number of halogens is 1. The van der Waals surface area contributed by atoms with Crippen LogP contribution in [0, 0.1) is 5.92 Å². The quantitative estimate of drug-likeness (QED) is 0.787. The average Bonchev–Trinajstić information content (AvgIpc) is 2.38. The maximum Gasteiger partial charge on any atom is 0.161 e. The third-order valence-corrected chi connectivity index (χ3v) is 4.01. The highest BCUT2D eigenvalue weighted by Gasteiger charge is 2.18. The monoisotopic (exact) mass is 310 g/mol. The fraction of sp³-hybridized carbons (Fsp3) is 0.588. The van der Waals surface area contributed by atoms with Crippen LogP contribution in [0.4, 0.5) is 5.69 Å². The highest BCUT2D eigenvalue weighted by Crippen LogP contribution is 2.25. The Kier molecular flexibility index (Phi) is 6.69. The molecule has 21 heavy (non-hydrogen) atoms. The van der Waals surface area contributed by atoms with Crippen molar-refractivity contribution in [2.45, 2.75) is 28.2 Å². The molecule has 0 aromatic heterocycles. The van der Waals surface area contributed by atoms with Crippen molar-refractivity contribution in [3.8, 4) is 0 Å². The van der Waals surface area contributed by atoms with E-state index in [9.17, 15) is 4.79 Å². The number of hydrogen-bond donors (Lipinski definition) is 0. The summed E-state index contributed by atoms with van der Waals surface area (Å²) >= 11 is 6.18. The Hall–Kier alpha value is -1.06. The molecule has 0 aliphatic carbocycles. The Labute approximate surface area is 133 Å². The third kappa shape index (κ3) is 4.72. The van der Waals surface area contributed by atoms with Crippen molar-refractivity contribution < 1.29 is 4.79 Å². The van der Waals surface area contributed by atoms with E-state index in [1.54, 1.807) is 6.92 Å². The molecule has 0 N–H and O–H groups in total. The molecule has 0 unspecified atom stereocenters. The number of piperazine rings is 1. The lowest BCUT2D eigenvalue weighted by Crippen LogP contribution is -2.47. The second kappa shape index (κ2) is 7.81. The molecule has 0 amide bonds. The molecule has 1 aliphatic rings. The van der Waals surface area contributed by atoms with Crippen LogP contribution in [0.5, 0.6) is 0 Å². The van der Waals surface area contributed by atoms with E-state index in [-0.39, 0.29) is 13.2 Å². The predicted octanol–water partition coefficient (Wildman–Crippen LogP) is 3.96. The summed E-state index contributed by atoms with van der Waals surface area (Å²) in [6.07, 6.45) is 0. The van der Waals surface area contributed by atoms with Gasteiger partial charge >= 0.3 is 0 Å². The number of ketones is 1. The van der Waals surface area contributed by atoms with E-state index < -0.39 is 0 Å².